The Morgan fingerprint density at radius 2 is 2.43 bits per heavy atom. The molecule has 4 nitrogen and oxygen atoms in total. The van der Waals surface area contributed by atoms with Crippen molar-refractivity contribution in [1.29, 1.82) is 0 Å². The third kappa shape index (κ3) is 1.62. The lowest BCUT2D eigenvalue weighted by Crippen LogP contribution is -2.17. The molecule has 1 N–H and O–H groups in total. The molecule has 5 heteroatoms. The van der Waals surface area contributed by atoms with Gasteiger partial charge in [0.25, 0.3) is 0 Å². The Hall–Kier alpha value is -0.680. The SMILES string of the molecule is CCc1n[nH]c(=S)n1C1CCN(C)C1. The summed E-state index contributed by atoms with van der Waals surface area (Å²) < 4.78 is 2.95. The van der Waals surface area contributed by atoms with E-state index in [9.17, 15) is 0 Å². The minimum atomic E-state index is 0.515. The Labute approximate surface area is 88.9 Å². The molecule has 1 aromatic heterocycles. The van der Waals surface area contributed by atoms with E-state index in [1.54, 1.807) is 0 Å². The van der Waals surface area contributed by atoms with E-state index in [1.165, 1.54) is 6.42 Å². The zero-order chi connectivity index (χ0) is 10.1. The fourth-order valence-corrected chi connectivity index (χ4v) is 2.39. The molecule has 0 aliphatic carbocycles. The molecule has 14 heavy (non-hydrogen) atoms. The summed E-state index contributed by atoms with van der Waals surface area (Å²) in [5.41, 5.74) is 0. The summed E-state index contributed by atoms with van der Waals surface area (Å²) in [4.78, 5) is 2.33. The minimum Gasteiger partial charge on any atom is -0.304 e. The van der Waals surface area contributed by atoms with E-state index in [4.69, 9.17) is 12.2 Å². The largest absolute Gasteiger partial charge is 0.304 e. The van der Waals surface area contributed by atoms with Crippen LogP contribution >= 0.6 is 12.2 Å². The van der Waals surface area contributed by atoms with E-state index >= 15 is 0 Å². The highest BCUT2D eigenvalue weighted by molar-refractivity contribution is 7.71. The summed E-state index contributed by atoms with van der Waals surface area (Å²) in [7, 11) is 2.15. The summed E-state index contributed by atoms with van der Waals surface area (Å²) in [5, 5.41) is 7.11. The van der Waals surface area contributed by atoms with E-state index in [0.29, 0.717) is 6.04 Å². The van der Waals surface area contributed by atoms with Crippen LogP contribution in [-0.2, 0) is 6.42 Å². The first-order valence-corrected chi connectivity index (χ1v) is 5.47. The van der Waals surface area contributed by atoms with Crippen LogP contribution in [0.4, 0.5) is 0 Å². The van der Waals surface area contributed by atoms with Crippen molar-refractivity contribution >= 4 is 12.2 Å². The monoisotopic (exact) mass is 212 g/mol. The van der Waals surface area contributed by atoms with E-state index in [-0.39, 0.29) is 0 Å². The van der Waals surface area contributed by atoms with Crippen molar-refractivity contribution in [2.45, 2.75) is 25.8 Å². The molecule has 1 atom stereocenters. The van der Waals surface area contributed by atoms with E-state index in [1.807, 2.05) is 0 Å². The topological polar surface area (TPSA) is 36.9 Å². The van der Waals surface area contributed by atoms with Crippen LogP contribution < -0.4 is 0 Å². The van der Waals surface area contributed by atoms with Gasteiger partial charge >= 0.3 is 0 Å². The average molecular weight is 212 g/mol. The third-order valence-corrected chi connectivity index (χ3v) is 3.11. The maximum absolute atomic E-state index is 5.24. The molecule has 0 bridgehead atoms. The highest BCUT2D eigenvalue weighted by Crippen LogP contribution is 2.21. The molecule has 1 aromatic rings. The predicted octanol–water partition coefficient (Wildman–Crippen LogP) is 1.38. The number of H-pyrrole nitrogens is 1. The van der Waals surface area contributed by atoms with Crippen LogP contribution in [0.25, 0.3) is 0 Å². The molecular weight excluding hydrogens is 196 g/mol. The van der Waals surface area contributed by atoms with E-state index < -0.39 is 0 Å². The average Bonchev–Trinajstić information content (AvgIpc) is 2.71. The molecular formula is C9H16N4S. The highest BCUT2D eigenvalue weighted by Gasteiger charge is 2.23. The molecule has 0 spiro atoms. The van der Waals surface area contributed by atoms with Crippen molar-refractivity contribution in [2.75, 3.05) is 20.1 Å². The summed E-state index contributed by atoms with van der Waals surface area (Å²) in [5.74, 6) is 1.08. The van der Waals surface area contributed by atoms with Gasteiger partial charge in [-0.3, -0.25) is 9.67 Å². The third-order valence-electron chi connectivity index (χ3n) is 2.83. The minimum absolute atomic E-state index is 0.515. The normalized spacial score (nSPS) is 23.1. The second kappa shape index (κ2) is 3.82. The van der Waals surface area contributed by atoms with Crippen LogP contribution in [0.1, 0.15) is 25.2 Å². The van der Waals surface area contributed by atoms with Gasteiger partial charge in [-0.05, 0) is 32.2 Å². The first-order chi connectivity index (χ1) is 6.72. The van der Waals surface area contributed by atoms with Crippen LogP contribution in [0.15, 0.2) is 0 Å². The molecule has 2 heterocycles. The summed E-state index contributed by atoms with van der Waals surface area (Å²) >= 11 is 5.24. The fraction of sp³-hybridized carbons (Fsp3) is 0.778. The van der Waals surface area contributed by atoms with Gasteiger partial charge in [-0.25, -0.2) is 0 Å². The molecule has 1 aliphatic rings. The number of nitrogens with zero attached hydrogens (tertiary/aromatic N) is 3. The Kier molecular flexibility index (Phi) is 2.69. The van der Waals surface area contributed by atoms with Gasteiger partial charge in [0.05, 0.1) is 6.04 Å². The lowest BCUT2D eigenvalue weighted by Gasteiger charge is -2.13. The zero-order valence-corrected chi connectivity index (χ0v) is 9.47. The lowest BCUT2D eigenvalue weighted by molar-refractivity contribution is 0.388. The maximum atomic E-state index is 5.24. The van der Waals surface area contributed by atoms with Crippen molar-refractivity contribution in [2.24, 2.45) is 0 Å². The van der Waals surface area contributed by atoms with Gasteiger partial charge in [-0.15, -0.1) is 0 Å². The quantitative estimate of drug-likeness (QED) is 0.752. The smallest absolute Gasteiger partial charge is 0.195 e. The number of aryl methyl sites for hydroxylation is 1. The number of aromatic amines is 1. The van der Waals surface area contributed by atoms with Crippen molar-refractivity contribution in [3.8, 4) is 0 Å². The Morgan fingerprint density at radius 1 is 1.64 bits per heavy atom. The Balaban J connectivity index is 2.30. The molecule has 78 valence electrons. The summed E-state index contributed by atoms with van der Waals surface area (Å²) in [6.45, 7) is 4.35. The second-order valence-electron chi connectivity index (χ2n) is 3.87. The van der Waals surface area contributed by atoms with E-state index in [2.05, 4.69) is 33.6 Å². The predicted molar refractivity (Wildman–Crippen MR) is 57.9 cm³/mol. The van der Waals surface area contributed by atoms with Gasteiger partial charge < -0.3 is 4.90 Å². The van der Waals surface area contributed by atoms with Crippen molar-refractivity contribution in [3.05, 3.63) is 10.6 Å². The van der Waals surface area contributed by atoms with Crippen LogP contribution in [0.5, 0.6) is 0 Å². The molecule has 0 amide bonds. The van der Waals surface area contributed by atoms with Gasteiger partial charge in [0, 0.05) is 13.0 Å². The van der Waals surface area contributed by atoms with Crippen LogP contribution in [0.3, 0.4) is 0 Å². The molecule has 1 saturated heterocycles. The molecule has 1 fully saturated rings. The van der Waals surface area contributed by atoms with Crippen LogP contribution in [0, 0.1) is 4.77 Å². The van der Waals surface area contributed by atoms with E-state index in [0.717, 1.165) is 30.1 Å². The van der Waals surface area contributed by atoms with Crippen LogP contribution in [0.2, 0.25) is 0 Å². The van der Waals surface area contributed by atoms with Crippen molar-refractivity contribution in [1.82, 2.24) is 19.7 Å². The summed E-state index contributed by atoms with van der Waals surface area (Å²) in [6.07, 6.45) is 2.12. The number of nitrogens with one attached hydrogen (secondary N) is 1. The van der Waals surface area contributed by atoms with Gasteiger partial charge in [0.1, 0.15) is 5.82 Å². The maximum Gasteiger partial charge on any atom is 0.195 e. The van der Waals surface area contributed by atoms with Crippen LogP contribution in [-0.4, -0.2) is 39.8 Å². The lowest BCUT2D eigenvalue weighted by atomic mass is 10.2. The Morgan fingerprint density at radius 3 is 3.00 bits per heavy atom. The number of likely N-dealkylation sites (tertiary alicyclic amines) is 1. The molecule has 1 aliphatic heterocycles. The molecule has 1 unspecified atom stereocenters. The first kappa shape index (κ1) is 9.86. The molecule has 0 radical (unpaired) electrons. The molecule has 2 rings (SSSR count). The van der Waals surface area contributed by atoms with Gasteiger partial charge in [0.2, 0.25) is 0 Å². The number of likely N-dealkylation sites (N-methyl/N-ethyl adjacent to an activating group) is 1. The number of hydrogen-bond donors (Lipinski definition) is 1. The standard InChI is InChI=1S/C9H16N4S/c1-3-8-10-11-9(14)13(8)7-4-5-12(2)6-7/h7H,3-6H2,1-2H3,(H,11,14). The van der Waals surface area contributed by atoms with Crippen molar-refractivity contribution in [3.63, 3.8) is 0 Å². The fourth-order valence-electron chi connectivity index (χ4n) is 2.09. The number of rotatable bonds is 2. The molecule has 0 saturated carbocycles. The number of aromatic nitrogens is 3. The second-order valence-corrected chi connectivity index (χ2v) is 4.26. The number of hydrogen-bond acceptors (Lipinski definition) is 3. The first-order valence-electron chi connectivity index (χ1n) is 5.06. The highest BCUT2D eigenvalue weighted by atomic mass is 32.1. The van der Waals surface area contributed by atoms with Gasteiger partial charge in [0.15, 0.2) is 4.77 Å². The summed E-state index contributed by atoms with van der Waals surface area (Å²) in [6, 6.07) is 0.515. The Bertz CT molecular complexity index is 367. The van der Waals surface area contributed by atoms with Gasteiger partial charge in [-0.2, -0.15) is 5.10 Å². The van der Waals surface area contributed by atoms with Gasteiger partial charge in [-0.1, -0.05) is 6.92 Å². The molecule has 0 aromatic carbocycles. The zero-order valence-electron chi connectivity index (χ0n) is 8.66. The van der Waals surface area contributed by atoms with Crippen molar-refractivity contribution < 1.29 is 0 Å².